The monoisotopic (exact) mass is 242 g/mol. The van der Waals surface area contributed by atoms with E-state index in [4.69, 9.17) is 17.3 Å². The van der Waals surface area contributed by atoms with Crippen molar-refractivity contribution < 1.29 is 4.79 Å². The molecule has 1 rings (SSSR count). The normalized spacial score (nSPS) is 10.1. The first-order chi connectivity index (χ1) is 7.72. The van der Waals surface area contributed by atoms with Crippen LogP contribution in [0.1, 0.15) is 25.7 Å². The van der Waals surface area contributed by atoms with Crippen LogP contribution in [-0.2, 0) is 4.79 Å². The van der Waals surface area contributed by atoms with Crippen molar-refractivity contribution in [3.8, 4) is 0 Å². The van der Waals surface area contributed by atoms with Gasteiger partial charge in [0.25, 0.3) is 0 Å². The minimum atomic E-state index is -0.0632. The number of amides is 1. The molecule has 1 aromatic heterocycles. The minimum absolute atomic E-state index is 0.0632. The van der Waals surface area contributed by atoms with Gasteiger partial charge < -0.3 is 11.1 Å². The zero-order valence-electron chi connectivity index (χ0n) is 8.95. The van der Waals surface area contributed by atoms with Crippen molar-refractivity contribution in [2.24, 2.45) is 5.73 Å². The molecule has 16 heavy (non-hydrogen) atoms. The molecule has 0 radical (unpaired) electrons. The van der Waals surface area contributed by atoms with Crippen LogP contribution >= 0.6 is 11.6 Å². The number of hydrogen-bond donors (Lipinski definition) is 2. The summed E-state index contributed by atoms with van der Waals surface area (Å²) in [6.07, 6.45) is 4.73. The zero-order valence-corrected chi connectivity index (χ0v) is 9.70. The van der Waals surface area contributed by atoms with Gasteiger partial charge in [-0.1, -0.05) is 6.42 Å². The quantitative estimate of drug-likeness (QED) is 0.586. The molecule has 0 aliphatic rings. The molecule has 0 aliphatic carbocycles. The number of halogens is 1. The van der Waals surface area contributed by atoms with E-state index < -0.39 is 0 Å². The van der Waals surface area contributed by atoms with Crippen LogP contribution < -0.4 is 11.1 Å². The van der Waals surface area contributed by atoms with Gasteiger partial charge in [-0.25, -0.2) is 9.97 Å². The van der Waals surface area contributed by atoms with Gasteiger partial charge in [0.1, 0.15) is 5.82 Å². The van der Waals surface area contributed by atoms with E-state index in [9.17, 15) is 4.79 Å². The van der Waals surface area contributed by atoms with Crippen molar-refractivity contribution in [3.63, 3.8) is 0 Å². The molecule has 1 amide bonds. The third kappa shape index (κ3) is 5.04. The molecule has 0 fully saturated rings. The average Bonchev–Trinajstić information content (AvgIpc) is 2.24. The Bertz CT molecular complexity index is 345. The van der Waals surface area contributed by atoms with Gasteiger partial charge in [-0.15, -0.1) is 0 Å². The molecule has 3 N–H and O–H groups in total. The molecule has 0 bridgehead atoms. The Morgan fingerprint density at radius 2 is 2.25 bits per heavy atom. The van der Waals surface area contributed by atoms with E-state index in [1.807, 2.05) is 0 Å². The zero-order chi connectivity index (χ0) is 11.8. The number of nitrogens with one attached hydrogen (secondary N) is 1. The third-order valence-corrected chi connectivity index (χ3v) is 2.18. The summed E-state index contributed by atoms with van der Waals surface area (Å²) in [5.74, 6) is 0.371. The SMILES string of the molecule is NCCCCCC(=O)Nc1ccnc(Cl)n1. The van der Waals surface area contributed by atoms with Gasteiger partial charge in [0.05, 0.1) is 0 Å². The van der Waals surface area contributed by atoms with E-state index in [2.05, 4.69) is 15.3 Å². The Morgan fingerprint density at radius 3 is 2.94 bits per heavy atom. The fraction of sp³-hybridized carbons (Fsp3) is 0.500. The fourth-order valence-corrected chi connectivity index (χ4v) is 1.36. The second-order valence-electron chi connectivity index (χ2n) is 3.36. The van der Waals surface area contributed by atoms with Gasteiger partial charge >= 0.3 is 0 Å². The Balaban J connectivity index is 2.29. The summed E-state index contributed by atoms with van der Waals surface area (Å²) in [7, 11) is 0. The second-order valence-corrected chi connectivity index (χ2v) is 3.70. The largest absolute Gasteiger partial charge is 0.330 e. The van der Waals surface area contributed by atoms with Crippen molar-refractivity contribution >= 4 is 23.3 Å². The van der Waals surface area contributed by atoms with E-state index >= 15 is 0 Å². The summed E-state index contributed by atoms with van der Waals surface area (Å²) in [5.41, 5.74) is 5.35. The van der Waals surface area contributed by atoms with Gasteiger partial charge in [0.15, 0.2) is 0 Å². The van der Waals surface area contributed by atoms with Gasteiger partial charge in [-0.05, 0) is 37.1 Å². The van der Waals surface area contributed by atoms with Crippen LogP contribution in [0.25, 0.3) is 0 Å². The maximum atomic E-state index is 11.4. The van der Waals surface area contributed by atoms with Gasteiger partial charge in [-0.2, -0.15) is 0 Å². The molecule has 1 aromatic rings. The van der Waals surface area contributed by atoms with Crippen LogP contribution in [0.2, 0.25) is 5.28 Å². The first kappa shape index (κ1) is 12.9. The third-order valence-electron chi connectivity index (χ3n) is 2.00. The lowest BCUT2D eigenvalue weighted by Gasteiger charge is -2.03. The van der Waals surface area contributed by atoms with Crippen molar-refractivity contribution in [2.75, 3.05) is 11.9 Å². The summed E-state index contributed by atoms with van der Waals surface area (Å²) in [4.78, 5) is 19.0. The summed E-state index contributed by atoms with van der Waals surface area (Å²) in [5, 5.41) is 2.78. The number of carbonyl (C=O) groups is 1. The van der Waals surface area contributed by atoms with Gasteiger partial charge in [0, 0.05) is 12.6 Å². The van der Waals surface area contributed by atoms with Crippen LogP contribution in [0.4, 0.5) is 5.82 Å². The molecule has 5 nitrogen and oxygen atoms in total. The average molecular weight is 243 g/mol. The van der Waals surface area contributed by atoms with E-state index in [-0.39, 0.29) is 11.2 Å². The van der Waals surface area contributed by atoms with Crippen LogP contribution in [0.3, 0.4) is 0 Å². The van der Waals surface area contributed by atoms with Gasteiger partial charge in [-0.3, -0.25) is 4.79 Å². The van der Waals surface area contributed by atoms with E-state index in [1.54, 1.807) is 6.07 Å². The second kappa shape index (κ2) is 7.14. The molecule has 0 aliphatic heterocycles. The maximum absolute atomic E-state index is 11.4. The highest BCUT2D eigenvalue weighted by Gasteiger charge is 2.03. The molecular formula is C10H15ClN4O. The molecule has 0 atom stereocenters. The highest BCUT2D eigenvalue weighted by Crippen LogP contribution is 2.07. The molecule has 0 aromatic carbocycles. The Hall–Kier alpha value is -1.20. The number of aromatic nitrogens is 2. The van der Waals surface area contributed by atoms with Crippen molar-refractivity contribution in [1.29, 1.82) is 0 Å². The number of carbonyl (C=O) groups excluding carboxylic acids is 1. The Morgan fingerprint density at radius 1 is 1.44 bits per heavy atom. The number of nitrogens with two attached hydrogens (primary N) is 1. The summed E-state index contributed by atoms with van der Waals surface area (Å²) in [6.45, 7) is 0.670. The summed E-state index contributed by atoms with van der Waals surface area (Å²) < 4.78 is 0. The molecule has 0 spiro atoms. The number of nitrogens with zero attached hydrogens (tertiary/aromatic N) is 2. The Labute approximate surface area is 99.4 Å². The number of rotatable bonds is 6. The lowest BCUT2D eigenvalue weighted by Crippen LogP contribution is -2.12. The predicted molar refractivity (Wildman–Crippen MR) is 63.2 cm³/mol. The highest BCUT2D eigenvalue weighted by atomic mass is 35.5. The number of hydrogen-bond acceptors (Lipinski definition) is 4. The van der Waals surface area contributed by atoms with Crippen LogP contribution in [0, 0.1) is 0 Å². The lowest BCUT2D eigenvalue weighted by molar-refractivity contribution is -0.116. The predicted octanol–water partition coefficient (Wildman–Crippen LogP) is 1.59. The molecule has 1 heterocycles. The molecule has 6 heteroatoms. The first-order valence-electron chi connectivity index (χ1n) is 5.21. The molecule has 88 valence electrons. The van der Waals surface area contributed by atoms with E-state index in [0.29, 0.717) is 18.8 Å². The lowest BCUT2D eigenvalue weighted by atomic mass is 10.2. The summed E-state index contributed by atoms with van der Waals surface area (Å²) in [6, 6.07) is 1.60. The van der Waals surface area contributed by atoms with E-state index in [1.165, 1.54) is 6.20 Å². The molecule has 0 saturated carbocycles. The topological polar surface area (TPSA) is 80.9 Å². The summed E-state index contributed by atoms with van der Waals surface area (Å²) >= 11 is 5.59. The smallest absolute Gasteiger partial charge is 0.225 e. The fourth-order valence-electron chi connectivity index (χ4n) is 1.22. The standard InChI is InChI=1S/C10H15ClN4O/c11-10-13-7-5-8(15-10)14-9(16)4-2-1-3-6-12/h5,7H,1-4,6,12H2,(H,13,14,15,16). The van der Waals surface area contributed by atoms with Crippen LogP contribution in [-0.4, -0.2) is 22.4 Å². The molecular weight excluding hydrogens is 228 g/mol. The van der Waals surface area contributed by atoms with Crippen LogP contribution in [0.15, 0.2) is 12.3 Å². The number of anilines is 1. The van der Waals surface area contributed by atoms with Crippen molar-refractivity contribution in [1.82, 2.24) is 9.97 Å². The van der Waals surface area contributed by atoms with Crippen LogP contribution in [0.5, 0.6) is 0 Å². The molecule has 0 unspecified atom stereocenters. The maximum Gasteiger partial charge on any atom is 0.225 e. The Kier molecular flexibility index (Phi) is 5.74. The molecule has 0 saturated heterocycles. The first-order valence-corrected chi connectivity index (χ1v) is 5.58. The van der Waals surface area contributed by atoms with Crippen molar-refractivity contribution in [3.05, 3.63) is 17.5 Å². The highest BCUT2D eigenvalue weighted by molar-refractivity contribution is 6.28. The minimum Gasteiger partial charge on any atom is -0.330 e. The van der Waals surface area contributed by atoms with Gasteiger partial charge in [0.2, 0.25) is 11.2 Å². The van der Waals surface area contributed by atoms with Crippen molar-refractivity contribution in [2.45, 2.75) is 25.7 Å². The number of unbranched alkanes of at least 4 members (excludes halogenated alkanes) is 2. The van der Waals surface area contributed by atoms with E-state index in [0.717, 1.165) is 19.3 Å².